The van der Waals surface area contributed by atoms with E-state index in [4.69, 9.17) is 9.97 Å². The highest BCUT2D eigenvalue weighted by molar-refractivity contribution is 6.01. The Morgan fingerprint density at radius 1 is 0.870 bits per heavy atom. The Bertz CT molecular complexity index is 1960. The zero-order chi connectivity index (χ0) is 37.2. The summed E-state index contributed by atoms with van der Waals surface area (Å²) in [5, 5.41) is 6.64. The number of carbonyl (C=O) groups is 3. The lowest BCUT2D eigenvalue weighted by Gasteiger charge is -2.43. The topological polar surface area (TPSA) is 132 Å². The highest BCUT2D eigenvalue weighted by atomic mass is 16.2. The summed E-state index contributed by atoms with van der Waals surface area (Å²) in [5.74, 6) is 0.582. The van der Waals surface area contributed by atoms with Gasteiger partial charge in [-0.2, -0.15) is 4.98 Å². The van der Waals surface area contributed by atoms with Crippen LogP contribution in [-0.4, -0.2) is 118 Å². The van der Waals surface area contributed by atoms with E-state index < -0.39 is 0 Å². The molecule has 4 aromatic rings. The molecular formula is C41H52N10O3. The van der Waals surface area contributed by atoms with Gasteiger partial charge in [-0.1, -0.05) is 37.1 Å². The number of amides is 3. The van der Waals surface area contributed by atoms with Gasteiger partial charge in [0.1, 0.15) is 17.2 Å². The van der Waals surface area contributed by atoms with Crippen molar-refractivity contribution < 1.29 is 14.4 Å². The number of hydrogen-bond donors (Lipinski definition) is 2. The molecule has 6 heterocycles. The maximum atomic E-state index is 13.1. The van der Waals surface area contributed by atoms with Crippen molar-refractivity contribution in [2.45, 2.75) is 75.8 Å². The molecule has 54 heavy (non-hydrogen) atoms. The number of piperidine rings is 2. The fourth-order valence-electron chi connectivity index (χ4n) is 8.82. The SMILES string of the molecule is CN(C)C(=O)c1cc2cnc(Nc3ccc(N4CCN(C5CCN(CCc6ccc([C@@H]7CCC(=O)NC7=O)cc6)CC5)CC4)cn3)nc2n1C1CCCC1. The van der Waals surface area contributed by atoms with Crippen LogP contribution in [0.2, 0.25) is 0 Å². The summed E-state index contributed by atoms with van der Waals surface area (Å²) in [6.45, 7) is 7.36. The number of carbonyl (C=O) groups excluding carboxylic acids is 3. The van der Waals surface area contributed by atoms with Crippen LogP contribution in [0.15, 0.2) is 54.9 Å². The minimum atomic E-state index is -0.224. The lowest BCUT2D eigenvalue weighted by molar-refractivity contribution is -0.134. The van der Waals surface area contributed by atoms with Crippen LogP contribution in [0.25, 0.3) is 11.0 Å². The van der Waals surface area contributed by atoms with E-state index >= 15 is 0 Å². The number of anilines is 3. The van der Waals surface area contributed by atoms with Crippen molar-refractivity contribution in [3.05, 3.63) is 71.7 Å². The molecule has 3 saturated heterocycles. The van der Waals surface area contributed by atoms with Gasteiger partial charge in [-0.05, 0) is 80.9 Å². The van der Waals surface area contributed by atoms with Gasteiger partial charge in [-0.3, -0.25) is 24.6 Å². The molecule has 1 atom stereocenters. The lowest BCUT2D eigenvalue weighted by atomic mass is 9.90. The van der Waals surface area contributed by atoms with E-state index in [-0.39, 0.29) is 29.7 Å². The Labute approximate surface area is 317 Å². The number of rotatable bonds is 10. The molecule has 13 heteroatoms. The molecule has 284 valence electrons. The van der Waals surface area contributed by atoms with E-state index in [1.807, 2.05) is 18.3 Å². The monoisotopic (exact) mass is 732 g/mol. The first-order chi connectivity index (χ1) is 26.3. The third-order valence-corrected chi connectivity index (χ3v) is 12.0. The summed E-state index contributed by atoms with van der Waals surface area (Å²) < 4.78 is 2.13. The summed E-state index contributed by atoms with van der Waals surface area (Å²) in [4.78, 5) is 60.3. The molecule has 8 rings (SSSR count). The van der Waals surface area contributed by atoms with Crippen molar-refractivity contribution in [3.8, 4) is 0 Å². The second kappa shape index (κ2) is 15.8. The normalized spacial score (nSPS) is 20.8. The lowest BCUT2D eigenvalue weighted by Crippen LogP contribution is -2.53. The molecule has 3 amide bonds. The quantitative estimate of drug-likeness (QED) is 0.221. The highest BCUT2D eigenvalue weighted by Gasteiger charge is 2.30. The Hall–Kier alpha value is -4.88. The van der Waals surface area contributed by atoms with Gasteiger partial charge in [-0.25, -0.2) is 9.97 Å². The molecule has 3 aromatic heterocycles. The Kier molecular flexibility index (Phi) is 10.6. The number of imide groups is 1. The van der Waals surface area contributed by atoms with Crippen molar-refractivity contribution in [2.24, 2.45) is 0 Å². The fourth-order valence-corrected chi connectivity index (χ4v) is 8.82. The average molecular weight is 733 g/mol. The standard InChI is InChI=1S/C41H52N10O3/c1-47(2)40(54)35-25-30-26-43-41(46-38(30)51(35)32-5-3-4-6-32)44-36-13-11-33(27-42-36)50-23-21-49(22-24-50)31-16-19-48(20-17-31)18-15-28-7-9-29(10-8-28)34-12-14-37(52)45-39(34)53/h7-11,13,25-27,31-32,34H,3-6,12,14-24H2,1-2H3,(H,45,52,53)(H,42,43,44,46)/t34-/m0/s1. The minimum Gasteiger partial charge on any atom is -0.368 e. The molecule has 0 bridgehead atoms. The van der Waals surface area contributed by atoms with Crippen LogP contribution in [0.4, 0.5) is 17.5 Å². The Morgan fingerprint density at radius 2 is 1.63 bits per heavy atom. The molecule has 4 aliphatic rings. The molecule has 1 aliphatic carbocycles. The number of hydrogen-bond acceptors (Lipinski definition) is 10. The average Bonchev–Trinajstić information content (AvgIpc) is 3.86. The molecule has 2 N–H and O–H groups in total. The second-order valence-electron chi connectivity index (χ2n) is 15.6. The first kappa shape index (κ1) is 36.1. The van der Waals surface area contributed by atoms with Crippen molar-refractivity contribution in [1.29, 1.82) is 0 Å². The Morgan fingerprint density at radius 3 is 2.31 bits per heavy atom. The second-order valence-corrected chi connectivity index (χ2v) is 15.6. The maximum Gasteiger partial charge on any atom is 0.270 e. The van der Waals surface area contributed by atoms with E-state index in [0.717, 1.165) is 100 Å². The molecule has 3 aliphatic heterocycles. The van der Waals surface area contributed by atoms with E-state index in [0.29, 0.717) is 36.3 Å². The van der Waals surface area contributed by atoms with E-state index in [1.54, 1.807) is 25.2 Å². The predicted octanol–water partition coefficient (Wildman–Crippen LogP) is 4.74. The third-order valence-electron chi connectivity index (χ3n) is 12.0. The van der Waals surface area contributed by atoms with Crippen molar-refractivity contribution in [2.75, 3.05) is 70.1 Å². The van der Waals surface area contributed by atoms with Crippen LogP contribution >= 0.6 is 0 Å². The third kappa shape index (κ3) is 7.83. The maximum absolute atomic E-state index is 13.1. The first-order valence-corrected chi connectivity index (χ1v) is 19.8. The number of piperazine rings is 1. The first-order valence-electron chi connectivity index (χ1n) is 19.8. The van der Waals surface area contributed by atoms with Crippen molar-refractivity contribution in [1.82, 2.24) is 39.5 Å². The molecule has 4 fully saturated rings. The number of nitrogens with zero attached hydrogens (tertiary/aromatic N) is 8. The van der Waals surface area contributed by atoms with Gasteiger partial charge in [0.05, 0.1) is 17.8 Å². The molecular weight excluding hydrogens is 681 g/mol. The Balaban J connectivity index is 0.799. The number of benzene rings is 1. The smallest absolute Gasteiger partial charge is 0.270 e. The van der Waals surface area contributed by atoms with Gasteiger partial charge in [0, 0.05) is 76.9 Å². The van der Waals surface area contributed by atoms with Gasteiger partial charge in [0.15, 0.2) is 0 Å². The zero-order valence-electron chi connectivity index (χ0n) is 31.5. The number of fused-ring (bicyclic) bond motifs is 1. The summed E-state index contributed by atoms with van der Waals surface area (Å²) in [7, 11) is 3.58. The summed E-state index contributed by atoms with van der Waals surface area (Å²) in [6.07, 6.45) is 12.6. The van der Waals surface area contributed by atoms with Gasteiger partial charge in [0.2, 0.25) is 17.8 Å². The van der Waals surface area contributed by atoms with E-state index in [2.05, 4.69) is 65.2 Å². The molecule has 0 radical (unpaired) electrons. The van der Waals surface area contributed by atoms with Gasteiger partial charge in [-0.15, -0.1) is 0 Å². The number of pyridine rings is 1. The summed E-state index contributed by atoms with van der Waals surface area (Å²) in [5.41, 5.74) is 4.87. The molecule has 1 aromatic carbocycles. The van der Waals surface area contributed by atoms with E-state index in [1.165, 1.54) is 18.4 Å². The largest absolute Gasteiger partial charge is 0.368 e. The van der Waals surface area contributed by atoms with Crippen LogP contribution < -0.4 is 15.5 Å². The number of nitrogens with one attached hydrogen (secondary N) is 2. The zero-order valence-corrected chi connectivity index (χ0v) is 31.5. The summed E-state index contributed by atoms with van der Waals surface area (Å²) in [6, 6.07) is 15.3. The molecule has 0 unspecified atom stereocenters. The number of aromatic nitrogens is 4. The van der Waals surface area contributed by atoms with Crippen molar-refractivity contribution in [3.63, 3.8) is 0 Å². The van der Waals surface area contributed by atoms with Gasteiger partial charge < -0.3 is 24.6 Å². The van der Waals surface area contributed by atoms with Crippen LogP contribution in [0.5, 0.6) is 0 Å². The summed E-state index contributed by atoms with van der Waals surface area (Å²) >= 11 is 0. The molecule has 13 nitrogen and oxygen atoms in total. The van der Waals surface area contributed by atoms with Crippen LogP contribution in [0, 0.1) is 0 Å². The van der Waals surface area contributed by atoms with Crippen LogP contribution in [-0.2, 0) is 16.0 Å². The fraction of sp³-hybridized carbons (Fsp3) is 0.512. The molecule has 1 saturated carbocycles. The van der Waals surface area contributed by atoms with Crippen LogP contribution in [0.3, 0.4) is 0 Å². The number of likely N-dealkylation sites (tertiary alicyclic amines) is 1. The van der Waals surface area contributed by atoms with Crippen LogP contribution in [0.1, 0.15) is 84.9 Å². The predicted molar refractivity (Wildman–Crippen MR) is 209 cm³/mol. The molecule has 0 spiro atoms. The highest BCUT2D eigenvalue weighted by Crippen LogP contribution is 2.35. The van der Waals surface area contributed by atoms with E-state index in [9.17, 15) is 14.4 Å². The van der Waals surface area contributed by atoms with Gasteiger partial charge in [0.25, 0.3) is 5.91 Å². The minimum absolute atomic E-state index is 0.0147. The van der Waals surface area contributed by atoms with Crippen molar-refractivity contribution >= 4 is 46.2 Å². The van der Waals surface area contributed by atoms with Gasteiger partial charge >= 0.3 is 0 Å².